The van der Waals surface area contributed by atoms with Gasteiger partial charge in [0.1, 0.15) is 18.8 Å². The van der Waals surface area contributed by atoms with Gasteiger partial charge in [-0.1, -0.05) is 42.5 Å². The minimum absolute atomic E-state index is 0.0372. The molecule has 36 heavy (non-hydrogen) atoms. The predicted octanol–water partition coefficient (Wildman–Crippen LogP) is 3.93. The average Bonchev–Trinajstić information content (AvgIpc) is 2.85. The van der Waals surface area contributed by atoms with Crippen LogP contribution in [0.15, 0.2) is 42.5 Å². The highest BCUT2D eigenvalue weighted by molar-refractivity contribution is 5.94. The first kappa shape index (κ1) is 26.9. The SMILES string of the molecule is O=C(O)CC(NC(=O)[C@@H]1CCCCN1C(=O)O[C@H](c1cccc2ccccc12)C(F)(F)F)C(=O)CF. The molecule has 2 aromatic rings. The molecule has 2 N–H and O–H groups in total. The van der Waals surface area contributed by atoms with E-state index in [-0.39, 0.29) is 23.9 Å². The van der Waals surface area contributed by atoms with E-state index < -0.39 is 61.2 Å². The molecule has 12 heteroatoms. The summed E-state index contributed by atoms with van der Waals surface area (Å²) in [5.74, 6) is -3.62. The Morgan fingerprint density at radius 3 is 2.44 bits per heavy atom. The Kier molecular flexibility index (Phi) is 8.49. The molecule has 1 heterocycles. The van der Waals surface area contributed by atoms with Gasteiger partial charge in [0.25, 0.3) is 0 Å². The van der Waals surface area contributed by atoms with Crippen LogP contribution in [0.2, 0.25) is 0 Å². The van der Waals surface area contributed by atoms with Crippen molar-refractivity contribution < 1.29 is 46.6 Å². The van der Waals surface area contributed by atoms with Crippen molar-refractivity contribution in [2.45, 2.75) is 50.0 Å². The smallest absolute Gasteiger partial charge is 0.429 e. The number of likely N-dealkylation sites (tertiary alicyclic amines) is 1. The van der Waals surface area contributed by atoms with Crippen LogP contribution in [0.25, 0.3) is 10.8 Å². The lowest BCUT2D eigenvalue weighted by molar-refractivity contribution is -0.209. The van der Waals surface area contributed by atoms with E-state index in [1.807, 2.05) is 0 Å². The number of hydrogen-bond donors (Lipinski definition) is 2. The zero-order valence-electron chi connectivity index (χ0n) is 19.0. The van der Waals surface area contributed by atoms with E-state index in [2.05, 4.69) is 5.32 Å². The van der Waals surface area contributed by atoms with E-state index in [1.165, 1.54) is 18.2 Å². The lowest BCUT2D eigenvalue weighted by Gasteiger charge is -2.35. The number of carbonyl (C=O) groups excluding carboxylic acids is 3. The molecule has 0 aliphatic carbocycles. The van der Waals surface area contributed by atoms with Crippen LogP contribution in [0, 0.1) is 0 Å². The lowest BCUT2D eigenvalue weighted by Crippen LogP contribution is -2.55. The molecule has 1 saturated heterocycles. The van der Waals surface area contributed by atoms with E-state index >= 15 is 0 Å². The maximum Gasteiger partial charge on any atom is 0.429 e. The van der Waals surface area contributed by atoms with Crippen molar-refractivity contribution in [3.8, 4) is 0 Å². The van der Waals surface area contributed by atoms with Crippen LogP contribution in [0.4, 0.5) is 22.4 Å². The topological polar surface area (TPSA) is 113 Å². The third-order valence-electron chi connectivity index (χ3n) is 5.88. The van der Waals surface area contributed by atoms with E-state index in [1.54, 1.807) is 24.3 Å². The molecule has 1 unspecified atom stereocenters. The normalized spacial score (nSPS) is 17.8. The van der Waals surface area contributed by atoms with Gasteiger partial charge in [0.05, 0.1) is 6.42 Å². The van der Waals surface area contributed by atoms with Gasteiger partial charge >= 0.3 is 18.2 Å². The number of fused-ring (bicyclic) bond motifs is 1. The molecule has 0 radical (unpaired) electrons. The maximum absolute atomic E-state index is 14.0. The number of carboxylic acid groups (broad SMARTS) is 1. The Hall–Kier alpha value is -3.70. The number of benzene rings is 2. The summed E-state index contributed by atoms with van der Waals surface area (Å²) in [6, 6.07) is 7.52. The molecule has 0 aromatic heterocycles. The van der Waals surface area contributed by atoms with Crippen LogP contribution in [0.5, 0.6) is 0 Å². The zero-order chi connectivity index (χ0) is 26.5. The number of hydrogen-bond acceptors (Lipinski definition) is 5. The Morgan fingerprint density at radius 2 is 1.78 bits per heavy atom. The van der Waals surface area contributed by atoms with Gasteiger partial charge in [0.2, 0.25) is 12.0 Å². The summed E-state index contributed by atoms with van der Waals surface area (Å²) >= 11 is 0. The quantitative estimate of drug-likeness (QED) is 0.519. The van der Waals surface area contributed by atoms with Crippen LogP contribution >= 0.6 is 0 Å². The molecular formula is C24H24F4N2O6. The summed E-state index contributed by atoms with van der Waals surface area (Å²) in [5.41, 5.74) is -0.276. The number of amides is 2. The predicted molar refractivity (Wildman–Crippen MR) is 119 cm³/mol. The molecule has 2 aromatic carbocycles. The van der Waals surface area contributed by atoms with Crippen molar-refractivity contribution >= 4 is 34.5 Å². The fourth-order valence-electron chi connectivity index (χ4n) is 4.16. The zero-order valence-corrected chi connectivity index (χ0v) is 19.0. The molecule has 0 bridgehead atoms. The Labute approximate surface area is 203 Å². The third kappa shape index (κ3) is 6.29. The largest absolute Gasteiger partial charge is 0.481 e. The Bertz CT molecular complexity index is 1130. The number of ketones is 1. The molecule has 1 fully saturated rings. The summed E-state index contributed by atoms with van der Waals surface area (Å²) in [7, 11) is 0. The van der Waals surface area contributed by atoms with Gasteiger partial charge in [0, 0.05) is 12.1 Å². The molecule has 2 amide bonds. The number of nitrogens with zero attached hydrogens (tertiary/aromatic N) is 1. The lowest BCUT2D eigenvalue weighted by atomic mass is 9.99. The fraction of sp³-hybridized carbons (Fsp3) is 0.417. The van der Waals surface area contributed by atoms with E-state index in [4.69, 9.17) is 9.84 Å². The number of rotatable bonds is 8. The summed E-state index contributed by atoms with van der Waals surface area (Å²) in [6.07, 6.45) is -9.00. The van der Waals surface area contributed by atoms with Crippen molar-refractivity contribution in [1.82, 2.24) is 10.2 Å². The van der Waals surface area contributed by atoms with Crippen molar-refractivity contribution in [2.24, 2.45) is 0 Å². The summed E-state index contributed by atoms with van der Waals surface area (Å²) in [4.78, 5) is 49.3. The van der Waals surface area contributed by atoms with Gasteiger partial charge < -0.3 is 15.2 Å². The molecule has 1 aliphatic heterocycles. The number of nitrogens with one attached hydrogen (secondary N) is 1. The molecule has 0 saturated carbocycles. The minimum Gasteiger partial charge on any atom is -0.481 e. The molecular weight excluding hydrogens is 488 g/mol. The number of ether oxygens (including phenoxy) is 1. The van der Waals surface area contributed by atoms with Crippen LogP contribution in [-0.2, 0) is 19.1 Å². The first-order chi connectivity index (χ1) is 17.0. The van der Waals surface area contributed by atoms with Gasteiger partial charge in [0.15, 0.2) is 5.78 Å². The van der Waals surface area contributed by atoms with Crippen LogP contribution < -0.4 is 5.32 Å². The number of carboxylic acids is 1. The fourth-order valence-corrected chi connectivity index (χ4v) is 4.16. The van der Waals surface area contributed by atoms with Gasteiger partial charge in [-0.2, -0.15) is 13.2 Å². The number of piperidine rings is 1. The second-order valence-corrected chi connectivity index (χ2v) is 8.34. The molecule has 0 spiro atoms. The molecule has 194 valence electrons. The minimum atomic E-state index is -4.96. The van der Waals surface area contributed by atoms with Gasteiger partial charge in [-0.25, -0.2) is 9.18 Å². The highest BCUT2D eigenvalue weighted by Crippen LogP contribution is 2.39. The standard InChI is InChI=1S/C24H24F4N2O6/c25-13-19(31)17(12-20(32)33)29-22(34)18-10-3-4-11-30(18)23(35)36-21(24(26,27)28)16-9-5-7-14-6-1-2-8-15(14)16/h1-2,5-9,17-18,21H,3-4,10-13H2,(H,29,34)(H,32,33)/t17?,18-,21+/m0/s1. The Morgan fingerprint density at radius 1 is 1.08 bits per heavy atom. The summed E-state index contributed by atoms with van der Waals surface area (Å²) in [6.45, 7) is -1.62. The average molecular weight is 512 g/mol. The second kappa shape index (κ2) is 11.4. The van der Waals surface area contributed by atoms with Crippen LogP contribution in [0.3, 0.4) is 0 Å². The van der Waals surface area contributed by atoms with E-state index in [0.29, 0.717) is 18.2 Å². The second-order valence-electron chi connectivity index (χ2n) is 8.34. The number of aliphatic carboxylic acids is 1. The number of Topliss-reactive ketones (excluding diaryl/α,β-unsaturated/α-hetero) is 1. The molecule has 3 rings (SSSR count). The first-order valence-electron chi connectivity index (χ1n) is 11.2. The van der Waals surface area contributed by atoms with Crippen molar-refractivity contribution in [1.29, 1.82) is 0 Å². The van der Waals surface area contributed by atoms with Gasteiger partial charge in [-0.05, 0) is 30.0 Å². The van der Waals surface area contributed by atoms with Crippen molar-refractivity contribution in [3.63, 3.8) is 0 Å². The maximum atomic E-state index is 14.0. The number of alkyl halides is 4. The van der Waals surface area contributed by atoms with Crippen molar-refractivity contribution in [3.05, 3.63) is 48.0 Å². The monoisotopic (exact) mass is 512 g/mol. The van der Waals surface area contributed by atoms with Crippen LogP contribution in [-0.4, -0.2) is 65.2 Å². The summed E-state index contributed by atoms with van der Waals surface area (Å²) < 4.78 is 59.9. The number of halogens is 4. The number of carbonyl (C=O) groups is 4. The Balaban J connectivity index is 1.85. The first-order valence-corrected chi connectivity index (χ1v) is 11.2. The van der Waals surface area contributed by atoms with Gasteiger partial charge in [-0.15, -0.1) is 0 Å². The van der Waals surface area contributed by atoms with E-state index in [9.17, 15) is 36.7 Å². The highest BCUT2D eigenvalue weighted by Gasteiger charge is 2.46. The van der Waals surface area contributed by atoms with E-state index in [0.717, 1.165) is 4.90 Å². The summed E-state index contributed by atoms with van der Waals surface area (Å²) in [5, 5.41) is 11.8. The van der Waals surface area contributed by atoms with Crippen LogP contribution in [0.1, 0.15) is 37.4 Å². The highest BCUT2D eigenvalue weighted by atomic mass is 19.4. The van der Waals surface area contributed by atoms with Crippen molar-refractivity contribution in [2.75, 3.05) is 13.2 Å². The van der Waals surface area contributed by atoms with Gasteiger partial charge in [-0.3, -0.25) is 19.3 Å². The third-order valence-corrected chi connectivity index (χ3v) is 5.88. The molecule has 3 atom stereocenters. The molecule has 8 nitrogen and oxygen atoms in total. The molecule has 1 aliphatic rings.